The maximum absolute atomic E-state index is 13.4. The molecule has 0 atom stereocenters. The Morgan fingerprint density at radius 2 is 1.70 bits per heavy atom. The molecule has 1 heterocycles. The van der Waals surface area contributed by atoms with E-state index >= 15 is 0 Å². The molecule has 4 heteroatoms. The number of allylic oxidation sites excluding steroid dienone is 1. The number of rotatable bonds is 3. The minimum Gasteiger partial charge on any atom is -0.352 e. The van der Waals surface area contributed by atoms with Crippen molar-refractivity contribution in [3.05, 3.63) is 47.5 Å². The SMILES string of the molecule is C/C=C/C1COC(C2CCC(c3ccc(F)c(F)c3)CC2)OC1. The lowest BCUT2D eigenvalue weighted by molar-refractivity contribution is -0.222. The van der Waals surface area contributed by atoms with E-state index in [0.29, 0.717) is 17.8 Å². The van der Waals surface area contributed by atoms with Gasteiger partial charge >= 0.3 is 0 Å². The van der Waals surface area contributed by atoms with Crippen molar-refractivity contribution in [2.75, 3.05) is 13.2 Å². The molecule has 126 valence electrons. The van der Waals surface area contributed by atoms with E-state index in [1.54, 1.807) is 6.07 Å². The van der Waals surface area contributed by atoms with Crippen molar-refractivity contribution in [3.8, 4) is 0 Å². The third-order valence-corrected chi connectivity index (χ3v) is 4.99. The molecule has 0 aromatic heterocycles. The molecule has 2 nitrogen and oxygen atoms in total. The van der Waals surface area contributed by atoms with E-state index in [1.807, 2.05) is 13.0 Å². The minimum atomic E-state index is -0.776. The summed E-state index contributed by atoms with van der Waals surface area (Å²) in [5.41, 5.74) is 0.904. The van der Waals surface area contributed by atoms with E-state index in [0.717, 1.165) is 44.5 Å². The first kappa shape index (κ1) is 16.6. The van der Waals surface area contributed by atoms with Gasteiger partial charge in [-0.15, -0.1) is 0 Å². The van der Waals surface area contributed by atoms with Crippen molar-refractivity contribution in [2.24, 2.45) is 11.8 Å². The molecule has 1 saturated heterocycles. The van der Waals surface area contributed by atoms with E-state index in [-0.39, 0.29) is 6.29 Å². The monoisotopic (exact) mass is 322 g/mol. The first-order valence-corrected chi connectivity index (χ1v) is 8.48. The van der Waals surface area contributed by atoms with E-state index in [9.17, 15) is 8.78 Å². The van der Waals surface area contributed by atoms with E-state index in [1.165, 1.54) is 12.1 Å². The predicted molar refractivity (Wildman–Crippen MR) is 85.1 cm³/mol. The molecule has 0 N–H and O–H groups in total. The zero-order chi connectivity index (χ0) is 16.2. The van der Waals surface area contributed by atoms with Crippen LogP contribution in [-0.2, 0) is 9.47 Å². The highest BCUT2D eigenvalue weighted by Gasteiger charge is 2.32. The Hall–Kier alpha value is -1.26. The van der Waals surface area contributed by atoms with Gasteiger partial charge in [-0.1, -0.05) is 18.2 Å². The maximum Gasteiger partial charge on any atom is 0.160 e. The molecule has 1 aliphatic carbocycles. The summed E-state index contributed by atoms with van der Waals surface area (Å²) in [6.07, 6.45) is 7.99. The van der Waals surface area contributed by atoms with Crippen LogP contribution in [0.4, 0.5) is 8.78 Å². The lowest BCUT2D eigenvalue weighted by atomic mass is 9.78. The number of hydrogen-bond acceptors (Lipinski definition) is 2. The van der Waals surface area contributed by atoms with E-state index in [2.05, 4.69) is 6.08 Å². The Morgan fingerprint density at radius 3 is 2.30 bits per heavy atom. The molecule has 1 aromatic rings. The van der Waals surface area contributed by atoms with Gasteiger partial charge in [0.1, 0.15) is 0 Å². The van der Waals surface area contributed by atoms with Gasteiger partial charge in [-0.3, -0.25) is 0 Å². The molecule has 2 aliphatic rings. The van der Waals surface area contributed by atoms with Crippen LogP contribution in [0.25, 0.3) is 0 Å². The van der Waals surface area contributed by atoms with Crippen molar-refractivity contribution < 1.29 is 18.3 Å². The average Bonchev–Trinajstić information content (AvgIpc) is 2.59. The predicted octanol–water partition coefficient (Wildman–Crippen LogP) is 4.80. The number of benzene rings is 1. The van der Waals surface area contributed by atoms with Gasteiger partial charge < -0.3 is 9.47 Å². The van der Waals surface area contributed by atoms with Crippen LogP contribution >= 0.6 is 0 Å². The fraction of sp³-hybridized carbons (Fsp3) is 0.579. The Kier molecular flexibility index (Phi) is 5.44. The Balaban J connectivity index is 1.51. The smallest absolute Gasteiger partial charge is 0.160 e. The van der Waals surface area contributed by atoms with Crippen LogP contribution in [-0.4, -0.2) is 19.5 Å². The Morgan fingerprint density at radius 1 is 1.00 bits per heavy atom. The molecule has 0 radical (unpaired) electrons. The van der Waals surface area contributed by atoms with Crippen molar-refractivity contribution in [2.45, 2.75) is 44.8 Å². The number of halogens is 2. The van der Waals surface area contributed by atoms with Gasteiger partial charge in [0.2, 0.25) is 0 Å². The molecule has 1 aliphatic heterocycles. The van der Waals surface area contributed by atoms with Crippen molar-refractivity contribution in [3.63, 3.8) is 0 Å². The fourth-order valence-electron chi connectivity index (χ4n) is 3.68. The average molecular weight is 322 g/mol. The number of ether oxygens (including phenoxy) is 2. The number of hydrogen-bond donors (Lipinski definition) is 0. The van der Waals surface area contributed by atoms with Crippen LogP contribution < -0.4 is 0 Å². The van der Waals surface area contributed by atoms with E-state index in [4.69, 9.17) is 9.47 Å². The molecule has 23 heavy (non-hydrogen) atoms. The quantitative estimate of drug-likeness (QED) is 0.744. The van der Waals surface area contributed by atoms with Gasteiger partial charge in [0.15, 0.2) is 17.9 Å². The van der Waals surface area contributed by atoms with Crippen LogP contribution in [0.15, 0.2) is 30.4 Å². The molecular weight excluding hydrogens is 298 g/mol. The van der Waals surface area contributed by atoms with Crippen molar-refractivity contribution in [1.82, 2.24) is 0 Å². The van der Waals surface area contributed by atoms with Crippen LogP contribution in [0.2, 0.25) is 0 Å². The maximum atomic E-state index is 13.4. The topological polar surface area (TPSA) is 18.5 Å². The lowest BCUT2D eigenvalue weighted by Crippen LogP contribution is -2.37. The zero-order valence-corrected chi connectivity index (χ0v) is 13.5. The third-order valence-electron chi connectivity index (χ3n) is 4.99. The molecule has 0 spiro atoms. The van der Waals surface area contributed by atoms with E-state index < -0.39 is 11.6 Å². The molecule has 1 aromatic carbocycles. The minimum absolute atomic E-state index is 0.109. The van der Waals surface area contributed by atoms with Gasteiger partial charge in [0.05, 0.1) is 13.2 Å². The van der Waals surface area contributed by atoms with Gasteiger partial charge in [-0.25, -0.2) is 8.78 Å². The summed E-state index contributed by atoms with van der Waals surface area (Å²) >= 11 is 0. The van der Waals surface area contributed by atoms with Crippen molar-refractivity contribution >= 4 is 0 Å². The molecule has 0 amide bonds. The molecule has 1 saturated carbocycles. The lowest BCUT2D eigenvalue weighted by Gasteiger charge is -2.37. The summed E-state index contributed by atoms with van der Waals surface area (Å²) in [6.45, 7) is 3.45. The van der Waals surface area contributed by atoms with Gasteiger partial charge in [-0.05, 0) is 56.2 Å². The van der Waals surface area contributed by atoms with Gasteiger partial charge in [0.25, 0.3) is 0 Å². The third kappa shape index (κ3) is 3.99. The van der Waals surface area contributed by atoms with Crippen LogP contribution in [0.5, 0.6) is 0 Å². The normalized spacial score (nSPS) is 32.3. The molecule has 0 unspecified atom stereocenters. The molecular formula is C19H24F2O2. The molecule has 3 rings (SSSR count). The largest absolute Gasteiger partial charge is 0.352 e. The highest BCUT2D eigenvalue weighted by atomic mass is 19.2. The summed E-state index contributed by atoms with van der Waals surface area (Å²) in [5.74, 6) is -0.459. The van der Waals surface area contributed by atoms with Crippen LogP contribution in [0.3, 0.4) is 0 Å². The summed E-state index contributed by atoms with van der Waals surface area (Å²) < 4.78 is 38.2. The highest BCUT2D eigenvalue weighted by Crippen LogP contribution is 2.39. The molecule has 0 bridgehead atoms. The summed E-state index contributed by atoms with van der Waals surface area (Å²) in [7, 11) is 0. The summed E-state index contributed by atoms with van der Waals surface area (Å²) in [5, 5.41) is 0. The first-order chi connectivity index (χ1) is 11.2. The van der Waals surface area contributed by atoms with Crippen molar-refractivity contribution in [1.29, 1.82) is 0 Å². The summed E-state index contributed by atoms with van der Waals surface area (Å²) in [4.78, 5) is 0. The zero-order valence-electron chi connectivity index (χ0n) is 13.5. The standard InChI is InChI=1S/C19H24F2O2/c1-2-3-13-11-22-19(23-12-13)15-6-4-14(5-7-15)16-8-9-17(20)18(21)10-16/h2-3,8-10,13-15,19H,4-7,11-12H2,1H3/b3-2+. The summed E-state index contributed by atoms with van der Waals surface area (Å²) in [6, 6.07) is 4.28. The molecule has 2 fully saturated rings. The van der Waals surface area contributed by atoms with Crippen LogP contribution in [0, 0.1) is 23.5 Å². The fourth-order valence-corrected chi connectivity index (χ4v) is 3.68. The second-order valence-electron chi connectivity index (χ2n) is 6.61. The van der Waals surface area contributed by atoms with Crippen LogP contribution in [0.1, 0.15) is 44.1 Å². The highest BCUT2D eigenvalue weighted by molar-refractivity contribution is 5.22. The second kappa shape index (κ2) is 7.54. The Bertz CT molecular complexity index is 542. The second-order valence-corrected chi connectivity index (χ2v) is 6.61. The van der Waals surface area contributed by atoms with Gasteiger partial charge in [-0.2, -0.15) is 0 Å². The Labute approximate surface area is 136 Å². The first-order valence-electron chi connectivity index (χ1n) is 8.48. The van der Waals surface area contributed by atoms with Gasteiger partial charge in [0, 0.05) is 11.8 Å².